The Labute approximate surface area is 123 Å². The molecule has 5 heteroatoms. The molecular formula is C15H16ClN3O. The lowest BCUT2D eigenvalue weighted by Gasteiger charge is -2.14. The number of nitrogens with zero attached hydrogens (tertiary/aromatic N) is 1. The van der Waals surface area contributed by atoms with Gasteiger partial charge in [0.25, 0.3) is 0 Å². The summed E-state index contributed by atoms with van der Waals surface area (Å²) in [4.78, 5) is 13.9. The van der Waals surface area contributed by atoms with Crippen LogP contribution >= 0.6 is 11.6 Å². The molecule has 0 aliphatic heterocycles. The maximum Gasteiger partial charge on any atom is 0.323 e. The number of amides is 2. The molecule has 0 spiro atoms. The van der Waals surface area contributed by atoms with Crippen molar-refractivity contribution in [3.63, 3.8) is 0 Å². The predicted molar refractivity (Wildman–Crippen MR) is 84.9 cm³/mol. The van der Waals surface area contributed by atoms with Crippen LogP contribution in [0.2, 0.25) is 5.02 Å². The van der Waals surface area contributed by atoms with Gasteiger partial charge in [0.15, 0.2) is 0 Å². The summed E-state index contributed by atoms with van der Waals surface area (Å²) in [7, 11) is 3.90. The second-order valence-electron chi connectivity index (χ2n) is 4.53. The lowest BCUT2D eigenvalue weighted by molar-refractivity contribution is 0.262. The fourth-order valence-corrected chi connectivity index (χ4v) is 1.81. The summed E-state index contributed by atoms with van der Waals surface area (Å²) in [5, 5.41) is 6.17. The van der Waals surface area contributed by atoms with Gasteiger partial charge in [0.1, 0.15) is 0 Å². The molecule has 2 aromatic carbocycles. The summed E-state index contributed by atoms with van der Waals surface area (Å²) in [6.07, 6.45) is 0. The maximum atomic E-state index is 11.9. The molecule has 0 aliphatic carbocycles. The molecule has 4 nitrogen and oxygen atoms in total. The Morgan fingerprint density at radius 2 is 1.65 bits per heavy atom. The summed E-state index contributed by atoms with van der Waals surface area (Å²) < 4.78 is 0. The molecule has 2 N–H and O–H groups in total. The first-order valence-corrected chi connectivity index (χ1v) is 6.53. The molecule has 0 fully saturated rings. The Morgan fingerprint density at radius 3 is 2.30 bits per heavy atom. The summed E-state index contributed by atoms with van der Waals surface area (Å²) in [6, 6.07) is 14.3. The maximum absolute atomic E-state index is 11.9. The molecule has 0 heterocycles. The van der Waals surface area contributed by atoms with Crippen molar-refractivity contribution in [3.8, 4) is 0 Å². The Balaban J connectivity index is 2.01. The average Bonchev–Trinajstić information content (AvgIpc) is 2.41. The minimum Gasteiger partial charge on any atom is -0.378 e. The van der Waals surface area contributed by atoms with Crippen molar-refractivity contribution in [1.82, 2.24) is 0 Å². The number of halogens is 1. The molecule has 0 saturated carbocycles. The number of hydrogen-bond donors (Lipinski definition) is 2. The molecule has 0 saturated heterocycles. The zero-order chi connectivity index (χ0) is 14.5. The summed E-state index contributed by atoms with van der Waals surface area (Å²) >= 11 is 5.79. The molecule has 0 aliphatic rings. The van der Waals surface area contributed by atoms with E-state index in [9.17, 15) is 4.79 Å². The van der Waals surface area contributed by atoms with Crippen LogP contribution < -0.4 is 15.5 Å². The van der Waals surface area contributed by atoms with Gasteiger partial charge in [-0.3, -0.25) is 0 Å². The van der Waals surface area contributed by atoms with Crippen LogP contribution in [0.25, 0.3) is 0 Å². The van der Waals surface area contributed by atoms with Crippen molar-refractivity contribution >= 4 is 34.7 Å². The van der Waals surface area contributed by atoms with E-state index in [0.717, 1.165) is 11.4 Å². The number of urea groups is 1. The number of nitrogens with one attached hydrogen (secondary N) is 2. The van der Waals surface area contributed by atoms with Gasteiger partial charge in [-0.25, -0.2) is 4.79 Å². The molecular weight excluding hydrogens is 274 g/mol. The Bertz CT molecular complexity index is 596. The van der Waals surface area contributed by atoms with E-state index >= 15 is 0 Å². The quantitative estimate of drug-likeness (QED) is 0.895. The third kappa shape index (κ3) is 3.90. The molecule has 104 valence electrons. The fraction of sp³-hybridized carbons (Fsp3) is 0.133. The monoisotopic (exact) mass is 289 g/mol. The SMILES string of the molecule is CN(C)c1cccc(NC(=O)Nc2ccc(Cl)cc2)c1. The van der Waals surface area contributed by atoms with Gasteiger partial charge in [-0.05, 0) is 42.5 Å². The van der Waals surface area contributed by atoms with Crippen LogP contribution in [0.3, 0.4) is 0 Å². The van der Waals surface area contributed by atoms with Gasteiger partial charge in [0, 0.05) is 36.2 Å². The van der Waals surface area contributed by atoms with Crippen LogP contribution in [-0.2, 0) is 0 Å². The third-order valence-electron chi connectivity index (χ3n) is 2.72. The number of carbonyl (C=O) groups is 1. The lowest BCUT2D eigenvalue weighted by atomic mass is 10.2. The van der Waals surface area contributed by atoms with E-state index in [1.807, 2.05) is 43.3 Å². The van der Waals surface area contributed by atoms with E-state index in [2.05, 4.69) is 10.6 Å². The second kappa shape index (κ2) is 6.30. The number of anilines is 3. The minimum atomic E-state index is -0.289. The van der Waals surface area contributed by atoms with Crippen molar-refractivity contribution in [3.05, 3.63) is 53.6 Å². The predicted octanol–water partition coefficient (Wildman–Crippen LogP) is 4.05. The van der Waals surface area contributed by atoms with Crippen LogP contribution in [0, 0.1) is 0 Å². The number of hydrogen-bond acceptors (Lipinski definition) is 2. The molecule has 0 bridgehead atoms. The standard InChI is InChI=1S/C15H16ClN3O/c1-19(2)14-5-3-4-13(10-14)18-15(20)17-12-8-6-11(16)7-9-12/h3-10H,1-2H3,(H2,17,18,20). The summed E-state index contributed by atoms with van der Waals surface area (Å²) in [5.41, 5.74) is 2.45. The lowest BCUT2D eigenvalue weighted by Crippen LogP contribution is -2.19. The molecule has 0 unspecified atom stereocenters. The van der Waals surface area contributed by atoms with E-state index < -0.39 is 0 Å². The van der Waals surface area contributed by atoms with E-state index in [1.165, 1.54) is 0 Å². The zero-order valence-electron chi connectivity index (χ0n) is 11.4. The normalized spacial score (nSPS) is 9.95. The second-order valence-corrected chi connectivity index (χ2v) is 4.97. The first-order valence-electron chi connectivity index (χ1n) is 6.15. The van der Waals surface area contributed by atoms with E-state index in [1.54, 1.807) is 24.3 Å². The first-order chi connectivity index (χ1) is 9.54. The Morgan fingerprint density at radius 1 is 1.00 bits per heavy atom. The first kappa shape index (κ1) is 14.2. The van der Waals surface area contributed by atoms with Gasteiger partial charge in [-0.15, -0.1) is 0 Å². The smallest absolute Gasteiger partial charge is 0.323 e. The van der Waals surface area contributed by atoms with Crippen molar-refractivity contribution in [2.24, 2.45) is 0 Å². The van der Waals surface area contributed by atoms with Gasteiger partial charge in [0.2, 0.25) is 0 Å². The highest BCUT2D eigenvalue weighted by Crippen LogP contribution is 2.18. The largest absolute Gasteiger partial charge is 0.378 e. The number of carbonyl (C=O) groups excluding carboxylic acids is 1. The molecule has 0 radical (unpaired) electrons. The number of rotatable bonds is 3. The van der Waals surface area contributed by atoms with Gasteiger partial charge in [-0.1, -0.05) is 17.7 Å². The Hall–Kier alpha value is -2.20. The van der Waals surface area contributed by atoms with Gasteiger partial charge < -0.3 is 15.5 Å². The number of benzene rings is 2. The highest BCUT2D eigenvalue weighted by atomic mass is 35.5. The average molecular weight is 290 g/mol. The van der Waals surface area contributed by atoms with Gasteiger partial charge >= 0.3 is 6.03 Å². The molecule has 2 amide bonds. The van der Waals surface area contributed by atoms with E-state index in [-0.39, 0.29) is 6.03 Å². The molecule has 2 aromatic rings. The van der Waals surface area contributed by atoms with Crippen LogP contribution in [0.15, 0.2) is 48.5 Å². The topological polar surface area (TPSA) is 44.4 Å². The Kier molecular flexibility index (Phi) is 4.48. The van der Waals surface area contributed by atoms with Crippen molar-refractivity contribution in [2.45, 2.75) is 0 Å². The molecule has 0 atom stereocenters. The van der Waals surface area contributed by atoms with E-state index in [0.29, 0.717) is 10.7 Å². The van der Waals surface area contributed by atoms with Crippen LogP contribution in [0.4, 0.5) is 21.9 Å². The van der Waals surface area contributed by atoms with Crippen LogP contribution in [0.5, 0.6) is 0 Å². The van der Waals surface area contributed by atoms with Crippen LogP contribution in [0.1, 0.15) is 0 Å². The molecule has 20 heavy (non-hydrogen) atoms. The van der Waals surface area contributed by atoms with E-state index in [4.69, 9.17) is 11.6 Å². The van der Waals surface area contributed by atoms with Crippen LogP contribution in [-0.4, -0.2) is 20.1 Å². The van der Waals surface area contributed by atoms with Crippen molar-refractivity contribution in [1.29, 1.82) is 0 Å². The molecule has 0 aromatic heterocycles. The fourth-order valence-electron chi connectivity index (χ4n) is 1.69. The highest BCUT2D eigenvalue weighted by Gasteiger charge is 2.04. The van der Waals surface area contributed by atoms with Gasteiger partial charge in [0.05, 0.1) is 0 Å². The zero-order valence-corrected chi connectivity index (χ0v) is 12.1. The minimum absolute atomic E-state index is 0.289. The van der Waals surface area contributed by atoms with Crippen molar-refractivity contribution in [2.75, 3.05) is 29.6 Å². The highest BCUT2D eigenvalue weighted by molar-refractivity contribution is 6.30. The van der Waals surface area contributed by atoms with Gasteiger partial charge in [-0.2, -0.15) is 0 Å². The summed E-state index contributed by atoms with van der Waals surface area (Å²) in [5.74, 6) is 0. The molecule has 2 rings (SSSR count). The third-order valence-corrected chi connectivity index (χ3v) is 2.97. The van der Waals surface area contributed by atoms with Crippen molar-refractivity contribution < 1.29 is 4.79 Å². The summed E-state index contributed by atoms with van der Waals surface area (Å²) in [6.45, 7) is 0.